The summed E-state index contributed by atoms with van der Waals surface area (Å²) in [7, 11) is 0. The summed E-state index contributed by atoms with van der Waals surface area (Å²) in [5, 5.41) is 17.8. The third-order valence-corrected chi connectivity index (χ3v) is 3.81. The molecule has 3 rings (SSSR count). The van der Waals surface area contributed by atoms with Gasteiger partial charge in [0.05, 0.1) is 19.0 Å². The molecule has 6 nitrogen and oxygen atoms in total. The first kappa shape index (κ1) is 15.7. The predicted molar refractivity (Wildman–Crippen MR) is 85.9 cm³/mol. The van der Waals surface area contributed by atoms with E-state index in [9.17, 15) is 0 Å². The Morgan fingerprint density at radius 1 is 1.13 bits per heavy atom. The van der Waals surface area contributed by atoms with Crippen molar-refractivity contribution in [1.82, 2.24) is 20.0 Å². The summed E-state index contributed by atoms with van der Waals surface area (Å²) in [4.78, 5) is 4.24. The minimum atomic E-state index is -0.167. The smallest absolute Gasteiger partial charge is 0.155 e. The van der Waals surface area contributed by atoms with Crippen LogP contribution in [-0.4, -0.2) is 25.1 Å². The summed E-state index contributed by atoms with van der Waals surface area (Å²) < 4.78 is 7.13. The number of pyridine rings is 1. The van der Waals surface area contributed by atoms with Gasteiger partial charge in [-0.15, -0.1) is 5.10 Å². The fourth-order valence-electron chi connectivity index (χ4n) is 1.90. The molecule has 0 aliphatic heterocycles. The molecule has 118 valence electrons. The second kappa shape index (κ2) is 6.95. The molecule has 8 heteroatoms. The topological polar surface area (TPSA) is 73.1 Å². The van der Waals surface area contributed by atoms with Crippen LogP contribution in [0.5, 0.6) is 5.75 Å². The molecule has 1 aromatic carbocycles. The molecule has 0 saturated carbocycles. The fraction of sp³-hybridized carbons (Fsp3) is 0.133. The second-order valence-corrected chi connectivity index (χ2v) is 5.47. The van der Waals surface area contributed by atoms with Crippen LogP contribution in [0.4, 0.5) is 0 Å². The van der Waals surface area contributed by atoms with Gasteiger partial charge >= 0.3 is 0 Å². The number of hydrogen-bond acceptors (Lipinski definition) is 5. The van der Waals surface area contributed by atoms with Gasteiger partial charge < -0.3 is 9.84 Å². The van der Waals surface area contributed by atoms with Crippen molar-refractivity contribution in [1.29, 1.82) is 0 Å². The van der Waals surface area contributed by atoms with Gasteiger partial charge in [-0.2, -0.15) is 0 Å². The van der Waals surface area contributed by atoms with Crippen LogP contribution >= 0.6 is 23.2 Å². The summed E-state index contributed by atoms with van der Waals surface area (Å²) >= 11 is 12.2. The third-order valence-electron chi connectivity index (χ3n) is 3.10. The number of halogens is 2. The van der Waals surface area contributed by atoms with Crippen molar-refractivity contribution in [3.8, 4) is 11.6 Å². The van der Waals surface area contributed by atoms with Crippen molar-refractivity contribution >= 4 is 23.2 Å². The lowest BCUT2D eigenvalue weighted by Crippen LogP contribution is -2.00. The number of rotatable bonds is 5. The lowest BCUT2D eigenvalue weighted by molar-refractivity contribution is 0.276. The molecule has 0 spiro atoms. The van der Waals surface area contributed by atoms with Crippen LogP contribution in [0.2, 0.25) is 10.0 Å². The molecule has 0 amide bonds. The SMILES string of the molecule is OCc1cn(-c2ccc(OCc3c(Cl)cccc3Cl)cn2)nn1. The van der Waals surface area contributed by atoms with E-state index in [1.165, 1.54) is 4.68 Å². The number of ether oxygens (including phenoxy) is 1. The lowest BCUT2D eigenvalue weighted by atomic mass is 10.2. The second-order valence-electron chi connectivity index (χ2n) is 4.65. The van der Waals surface area contributed by atoms with Crippen LogP contribution in [0.15, 0.2) is 42.7 Å². The molecule has 0 aliphatic carbocycles. The average Bonchev–Trinajstić information content (AvgIpc) is 3.04. The van der Waals surface area contributed by atoms with Gasteiger partial charge in [-0.25, -0.2) is 9.67 Å². The van der Waals surface area contributed by atoms with Crippen molar-refractivity contribution in [3.63, 3.8) is 0 Å². The van der Waals surface area contributed by atoms with Gasteiger partial charge in [0, 0.05) is 15.6 Å². The number of aromatic nitrogens is 4. The number of aliphatic hydroxyl groups is 1. The minimum absolute atomic E-state index is 0.167. The molecule has 0 saturated heterocycles. The fourth-order valence-corrected chi connectivity index (χ4v) is 2.41. The molecule has 2 aromatic heterocycles. The summed E-state index contributed by atoms with van der Waals surface area (Å²) in [6, 6.07) is 8.80. The van der Waals surface area contributed by atoms with E-state index in [-0.39, 0.29) is 13.2 Å². The maximum Gasteiger partial charge on any atom is 0.155 e. The minimum Gasteiger partial charge on any atom is -0.487 e. The molecular formula is C15H12Cl2N4O2. The normalized spacial score (nSPS) is 10.7. The molecule has 0 aliphatic rings. The van der Waals surface area contributed by atoms with Crippen molar-refractivity contribution in [2.45, 2.75) is 13.2 Å². The quantitative estimate of drug-likeness (QED) is 0.765. The summed E-state index contributed by atoms with van der Waals surface area (Å²) in [5.74, 6) is 1.15. The Balaban J connectivity index is 1.70. The molecule has 3 aromatic rings. The zero-order valence-corrected chi connectivity index (χ0v) is 13.4. The molecule has 0 bridgehead atoms. The van der Waals surface area contributed by atoms with Gasteiger partial charge in [-0.1, -0.05) is 34.5 Å². The molecule has 0 atom stereocenters. The van der Waals surface area contributed by atoms with E-state index in [0.29, 0.717) is 27.3 Å². The monoisotopic (exact) mass is 350 g/mol. The van der Waals surface area contributed by atoms with E-state index < -0.39 is 0 Å². The van der Waals surface area contributed by atoms with E-state index in [4.69, 9.17) is 33.0 Å². The van der Waals surface area contributed by atoms with Crippen LogP contribution < -0.4 is 4.74 Å². The van der Waals surface area contributed by atoms with E-state index in [2.05, 4.69) is 15.3 Å². The maximum absolute atomic E-state index is 8.99. The first-order valence-electron chi connectivity index (χ1n) is 6.71. The highest BCUT2D eigenvalue weighted by atomic mass is 35.5. The van der Waals surface area contributed by atoms with Gasteiger partial charge in [-0.05, 0) is 24.3 Å². The van der Waals surface area contributed by atoms with Crippen LogP contribution in [-0.2, 0) is 13.2 Å². The number of aliphatic hydroxyl groups excluding tert-OH is 1. The highest BCUT2D eigenvalue weighted by Gasteiger charge is 2.07. The number of hydrogen-bond donors (Lipinski definition) is 1. The number of benzene rings is 1. The largest absolute Gasteiger partial charge is 0.487 e. The van der Waals surface area contributed by atoms with Crippen molar-refractivity contribution in [2.75, 3.05) is 0 Å². The Bertz CT molecular complexity index is 785. The zero-order chi connectivity index (χ0) is 16.2. The standard InChI is InChI=1S/C15H12Cl2N4O2/c16-13-2-1-3-14(17)12(13)9-23-11-4-5-15(18-6-11)21-7-10(8-22)19-20-21/h1-7,22H,8-9H2. The highest BCUT2D eigenvalue weighted by molar-refractivity contribution is 6.35. The third kappa shape index (κ3) is 3.61. The van der Waals surface area contributed by atoms with Gasteiger partial charge in [0.1, 0.15) is 18.1 Å². The molecule has 0 unspecified atom stereocenters. The summed E-state index contributed by atoms with van der Waals surface area (Å²) in [5.41, 5.74) is 1.20. The molecule has 2 heterocycles. The van der Waals surface area contributed by atoms with Crippen LogP contribution in [0.1, 0.15) is 11.3 Å². The lowest BCUT2D eigenvalue weighted by Gasteiger charge is -2.09. The van der Waals surface area contributed by atoms with Gasteiger partial charge in [0.15, 0.2) is 5.82 Å². The average molecular weight is 351 g/mol. The molecular weight excluding hydrogens is 339 g/mol. The van der Waals surface area contributed by atoms with Crippen LogP contribution in [0.25, 0.3) is 5.82 Å². The molecule has 23 heavy (non-hydrogen) atoms. The Morgan fingerprint density at radius 2 is 1.91 bits per heavy atom. The Morgan fingerprint density at radius 3 is 2.52 bits per heavy atom. The van der Waals surface area contributed by atoms with E-state index in [1.807, 2.05) is 0 Å². The Hall–Kier alpha value is -2.15. The van der Waals surface area contributed by atoms with E-state index in [1.54, 1.807) is 42.7 Å². The van der Waals surface area contributed by atoms with Gasteiger partial charge in [-0.3, -0.25) is 0 Å². The van der Waals surface area contributed by atoms with Crippen molar-refractivity contribution in [2.24, 2.45) is 0 Å². The Kier molecular flexibility index (Phi) is 4.76. The van der Waals surface area contributed by atoms with Crippen molar-refractivity contribution in [3.05, 3.63) is 64.0 Å². The molecule has 0 radical (unpaired) electrons. The predicted octanol–water partition coefficient (Wildman–Crippen LogP) is 3.04. The van der Waals surface area contributed by atoms with Gasteiger partial charge in [0.2, 0.25) is 0 Å². The van der Waals surface area contributed by atoms with E-state index >= 15 is 0 Å². The first-order chi connectivity index (χ1) is 11.2. The number of nitrogens with zero attached hydrogens (tertiary/aromatic N) is 4. The van der Waals surface area contributed by atoms with Crippen LogP contribution in [0, 0.1) is 0 Å². The van der Waals surface area contributed by atoms with E-state index in [0.717, 1.165) is 5.56 Å². The highest BCUT2D eigenvalue weighted by Crippen LogP contribution is 2.25. The van der Waals surface area contributed by atoms with Crippen molar-refractivity contribution < 1.29 is 9.84 Å². The maximum atomic E-state index is 8.99. The van der Waals surface area contributed by atoms with Crippen LogP contribution in [0.3, 0.4) is 0 Å². The molecule has 0 fully saturated rings. The molecule has 1 N–H and O–H groups in total. The first-order valence-corrected chi connectivity index (χ1v) is 7.47. The summed E-state index contributed by atoms with van der Waals surface area (Å²) in [6.45, 7) is 0.0807. The zero-order valence-electron chi connectivity index (χ0n) is 11.9. The Labute approximate surface area is 142 Å². The summed E-state index contributed by atoms with van der Waals surface area (Å²) in [6.07, 6.45) is 3.17. The van der Waals surface area contributed by atoms with Gasteiger partial charge in [0.25, 0.3) is 0 Å².